The Morgan fingerprint density at radius 1 is 1.12 bits per heavy atom. The minimum atomic E-state index is -0.752. The molecule has 2 rings (SSSR count). The first-order valence-corrected chi connectivity index (χ1v) is 6.46. The number of rotatable bonds is 3. The highest BCUT2D eigenvalue weighted by molar-refractivity contribution is 5.64. The predicted molar refractivity (Wildman–Crippen MR) is 62.6 cm³/mol. The lowest BCUT2D eigenvalue weighted by Crippen LogP contribution is -2.38. The van der Waals surface area contributed by atoms with Gasteiger partial charge in [0.2, 0.25) is 0 Å². The van der Waals surface area contributed by atoms with Crippen molar-refractivity contribution < 1.29 is 9.90 Å². The molecule has 0 radical (unpaired) electrons. The highest BCUT2D eigenvalue weighted by atomic mass is 16.4. The quantitative estimate of drug-likeness (QED) is 0.799. The van der Waals surface area contributed by atoms with E-state index in [1.807, 2.05) is 0 Å². The molecule has 92 valence electrons. The first kappa shape index (κ1) is 11.7. The van der Waals surface area contributed by atoms with Crippen LogP contribution in [0.15, 0.2) is 0 Å². The van der Waals surface area contributed by atoms with Crippen LogP contribution in [0.3, 0.4) is 0 Å². The van der Waals surface area contributed by atoms with Crippen LogP contribution in [0.1, 0.15) is 32.1 Å². The first-order valence-electron chi connectivity index (χ1n) is 6.46. The van der Waals surface area contributed by atoms with Crippen molar-refractivity contribution in [3.05, 3.63) is 0 Å². The van der Waals surface area contributed by atoms with Gasteiger partial charge in [0.15, 0.2) is 0 Å². The lowest BCUT2D eigenvalue weighted by Gasteiger charge is -2.30. The van der Waals surface area contributed by atoms with E-state index < -0.39 is 6.09 Å². The number of carbonyl (C=O) groups is 1. The second-order valence-electron chi connectivity index (χ2n) is 5.05. The van der Waals surface area contributed by atoms with Gasteiger partial charge in [0.1, 0.15) is 0 Å². The zero-order valence-electron chi connectivity index (χ0n) is 9.90. The number of nitrogens with zero attached hydrogens (tertiary/aromatic N) is 2. The minimum absolute atomic E-state index is 0.736. The number of hydrogen-bond acceptors (Lipinski definition) is 2. The van der Waals surface area contributed by atoms with Crippen molar-refractivity contribution in [2.45, 2.75) is 32.1 Å². The third-order valence-electron chi connectivity index (χ3n) is 3.94. The van der Waals surface area contributed by atoms with E-state index in [1.165, 1.54) is 38.9 Å². The Morgan fingerprint density at radius 2 is 1.75 bits per heavy atom. The average molecular weight is 226 g/mol. The molecule has 0 atom stereocenters. The highest BCUT2D eigenvalue weighted by Crippen LogP contribution is 2.21. The number of carboxylic acid groups (broad SMARTS) is 1. The topological polar surface area (TPSA) is 43.8 Å². The summed E-state index contributed by atoms with van der Waals surface area (Å²) in [5, 5.41) is 8.84. The van der Waals surface area contributed by atoms with Gasteiger partial charge in [-0.2, -0.15) is 0 Å². The summed E-state index contributed by atoms with van der Waals surface area (Å²) in [4.78, 5) is 14.8. The summed E-state index contributed by atoms with van der Waals surface area (Å²) in [5.74, 6) is 0.746. The molecule has 1 N–H and O–H groups in total. The molecule has 0 aliphatic carbocycles. The molecule has 0 aromatic carbocycles. The molecule has 4 heteroatoms. The molecule has 0 saturated carbocycles. The second kappa shape index (κ2) is 5.53. The van der Waals surface area contributed by atoms with Crippen LogP contribution in [0, 0.1) is 5.92 Å². The van der Waals surface area contributed by atoms with Crippen LogP contribution in [0.5, 0.6) is 0 Å². The molecular formula is C12H22N2O2. The fourth-order valence-electron chi connectivity index (χ4n) is 2.78. The van der Waals surface area contributed by atoms with Crippen molar-refractivity contribution in [3.8, 4) is 0 Å². The van der Waals surface area contributed by atoms with Gasteiger partial charge >= 0.3 is 6.09 Å². The van der Waals surface area contributed by atoms with E-state index in [1.54, 1.807) is 4.90 Å². The molecule has 4 nitrogen and oxygen atoms in total. The Kier molecular flexibility index (Phi) is 4.04. The zero-order valence-corrected chi connectivity index (χ0v) is 9.90. The molecule has 1 amide bonds. The van der Waals surface area contributed by atoms with Crippen LogP contribution in [-0.4, -0.2) is 53.7 Å². The van der Waals surface area contributed by atoms with Crippen LogP contribution in [0.25, 0.3) is 0 Å². The van der Waals surface area contributed by atoms with Gasteiger partial charge in [-0.3, -0.25) is 0 Å². The second-order valence-corrected chi connectivity index (χ2v) is 5.05. The standard InChI is InChI=1S/C12H22N2O2/c15-12(16)14-9-4-11(5-10-14)3-8-13-6-1-2-7-13/h11H,1-10H2,(H,15,16). The first-order chi connectivity index (χ1) is 7.75. The summed E-state index contributed by atoms with van der Waals surface area (Å²) in [6.45, 7) is 5.24. The van der Waals surface area contributed by atoms with Gasteiger partial charge in [-0.05, 0) is 57.7 Å². The van der Waals surface area contributed by atoms with E-state index in [2.05, 4.69) is 4.90 Å². The fraction of sp³-hybridized carbons (Fsp3) is 0.917. The van der Waals surface area contributed by atoms with Crippen molar-refractivity contribution >= 4 is 6.09 Å². The van der Waals surface area contributed by atoms with E-state index in [-0.39, 0.29) is 0 Å². The maximum Gasteiger partial charge on any atom is 0.407 e. The van der Waals surface area contributed by atoms with E-state index in [9.17, 15) is 4.79 Å². The van der Waals surface area contributed by atoms with Crippen molar-refractivity contribution in [1.82, 2.24) is 9.80 Å². The lowest BCUT2D eigenvalue weighted by molar-refractivity contribution is 0.121. The van der Waals surface area contributed by atoms with Gasteiger partial charge < -0.3 is 14.9 Å². The Bertz CT molecular complexity index is 231. The van der Waals surface area contributed by atoms with Crippen LogP contribution in [-0.2, 0) is 0 Å². The molecule has 2 aliphatic rings. The maximum absolute atomic E-state index is 10.7. The third-order valence-corrected chi connectivity index (χ3v) is 3.94. The lowest BCUT2D eigenvalue weighted by atomic mass is 9.93. The van der Waals surface area contributed by atoms with Crippen LogP contribution < -0.4 is 0 Å². The summed E-state index contributed by atoms with van der Waals surface area (Å²) < 4.78 is 0. The summed E-state index contributed by atoms with van der Waals surface area (Å²) in [5.41, 5.74) is 0. The van der Waals surface area contributed by atoms with Crippen molar-refractivity contribution in [2.24, 2.45) is 5.92 Å². The van der Waals surface area contributed by atoms with E-state index >= 15 is 0 Å². The Morgan fingerprint density at radius 3 is 2.31 bits per heavy atom. The van der Waals surface area contributed by atoms with Gasteiger partial charge in [0.25, 0.3) is 0 Å². The monoisotopic (exact) mass is 226 g/mol. The average Bonchev–Trinajstić information content (AvgIpc) is 2.80. The summed E-state index contributed by atoms with van der Waals surface area (Å²) in [7, 11) is 0. The fourth-order valence-corrected chi connectivity index (χ4v) is 2.78. The van der Waals surface area contributed by atoms with Gasteiger partial charge in [0, 0.05) is 13.1 Å². The molecule has 2 heterocycles. The van der Waals surface area contributed by atoms with Gasteiger partial charge in [0.05, 0.1) is 0 Å². The van der Waals surface area contributed by atoms with Gasteiger partial charge in [-0.1, -0.05) is 0 Å². The minimum Gasteiger partial charge on any atom is -0.465 e. The smallest absolute Gasteiger partial charge is 0.407 e. The number of piperidine rings is 1. The summed E-state index contributed by atoms with van der Waals surface area (Å²) in [6, 6.07) is 0. The normalized spacial score (nSPS) is 23.9. The predicted octanol–water partition coefficient (Wildman–Crippen LogP) is 1.86. The molecule has 0 spiro atoms. The zero-order chi connectivity index (χ0) is 11.4. The van der Waals surface area contributed by atoms with Crippen LogP contribution in [0.2, 0.25) is 0 Å². The summed E-state index contributed by atoms with van der Waals surface area (Å²) >= 11 is 0. The summed E-state index contributed by atoms with van der Waals surface area (Å²) in [6.07, 6.45) is 5.33. The highest BCUT2D eigenvalue weighted by Gasteiger charge is 2.22. The number of likely N-dealkylation sites (tertiary alicyclic amines) is 2. The molecule has 0 aromatic rings. The molecule has 2 aliphatic heterocycles. The van der Waals surface area contributed by atoms with E-state index in [0.29, 0.717) is 0 Å². The van der Waals surface area contributed by atoms with Crippen LogP contribution in [0.4, 0.5) is 4.79 Å². The van der Waals surface area contributed by atoms with Gasteiger partial charge in [-0.25, -0.2) is 4.79 Å². The van der Waals surface area contributed by atoms with Crippen LogP contribution >= 0.6 is 0 Å². The molecule has 16 heavy (non-hydrogen) atoms. The van der Waals surface area contributed by atoms with Crippen molar-refractivity contribution in [3.63, 3.8) is 0 Å². The molecule has 0 aromatic heterocycles. The van der Waals surface area contributed by atoms with Crippen molar-refractivity contribution in [2.75, 3.05) is 32.7 Å². The number of amides is 1. The van der Waals surface area contributed by atoms with E-state index in [4.69, 9.17) is 5.11 Å². The van der Waals surface area contributed by atoms with Crippen molar-refractivity contribution in [1.29, 1.82) is 0 Å². The van der Waals surface area contributed by atoms with Gasteiger partial charge in [-0.15, -0.1) is 0 Å². The Labute approximate surface area is 97.2 Å². The maximum atomic E-state index is 10.7. The Hall–Kier alpha value is -0.770. The molecule has 0 unspecified atom stereocenters. The largest absolute Gasteiger partial charge is 0.465 e. The third kappa shape index (κ3) is 3.11. The molecular weight excluding hydrogens is 204 g/mol. The molecule has 2 saturated heterocycles. The Balaban J connectivity index is 1.63. The number of hydrogen-bond donors (Lipinski definition) is 1. The SMILES string of the molecule is O=C(O)N1CCC(CCN2CCCC2)CC1. The molecule has 0 bridgehead atoms. The molecule has 2 fully saturated rings. The van der Waals surface area contributed by atoms with E-state index in [0.717, 1.165) is 31.8 Å².